The van der Waals surface area contributed by atoms with Crippen LogP contribution in [0.15, 0.2) is 16.9 Å². The van der Waals surface area contributed by atoms with Gasteiger partial charge in [0.1, 0.15) is 0 Å². The van der Waals surface area contributed by atoms with Crippen LogP contribution in [0.3, 0.4) is 0 Å². The molecule has 0 N–H and O–H groups in total. The van der Waals surface area contributed by atoms with E-state index in [1.165, 1.54) is 25.7 Å². The number of carbonyl (C=O) groups excluding carboxylic acids is 1. The maximum Gasteiger partial charge on any atom is 0.266 e. The minimum absolute atomic E-state index is 0.0321. The Morgan fingerprint density at radius 2 is 1.83 bits per heavy atom. The van der Waals surface area contributed by atoms with E-state index in [1.54, 1.807) is 16.8 Å². The third kappa shape index (κ3) is 4.21. The third-order valence-corrected chi connectivity index (χ3v) is 5.34. The fourth-order valence-corrected chi connectivity index (χ4v) is 3.88. The molecular weight excluding hydrogens is 290 g/mol. The fourth-order valence-electron chi connectivity index (χ4n) is 3.88. The Morgan fingerprint density at radius 1 is 1.13 bits per heavy atom. The van der Waals surface area contributed by atoms with Crippen molar-refractivity contribution in [3.8, 4) is 0 Å². The highest BCUT2D eigenvalue weighted by Crippen LogP contribution is 2.29. The lowest BCUT2D eigenvalue weighted by atomic mass is 9.95. The van der Waals surface area contributed by atoms with Gasteiger partial charge < -0.3 is 4.90 Å². The summed E-state index contributed by atoms with van der Waals surface area (Å²) < 4.78 is 1.58. The molecule has 1 saturated carbocycles. The monoisotopic (exact) mass is 317 g/mol. The maximum atomic E-state index is 12.4. The molecular formula is C18H27N3O2. The van der Waals surface area contributed by atoms with Crippen molar-refractivity contribution in [2.24, 2.45) is 11.8 Å². The highest BCUT2D eigenvalue weighted by Gasteiger charge is 2.26. The molecule has 0 spiro atoms. The first-order chi connectivity index (χ1) is 11.1. The lowest BCUT2D eigenvalue weighted by molar-refractivity contribution is -0.133. The van der Waals surface area contributed by atoms with E-state index in [2.05, 4.69) is 5.10 Å². The van der Waals surface area contributed by atoms with Crippen LogP contribution in [-0.4, -0.2) is 33.7 Å². The molecule has 23 heavy (non-hydrogen) atoms. The average Bonchev–Trinajstić information content (AvgIpc) is 3.04. The van der Waals surface area contributed by atoms with E-state index in [-0.39, 0.29) is 5.56 Å². The first kappa shape index (κ1) is 16.2. The van der Waals surface area contributed by atoms with E-state index < -0.39 is 0 Å². The average molecular weight is 317 g/mol. The number of likely N-dealkylation sites (tertiary alicyclic amines) is 1. The number of carbonyl (C=O) groups is 1. The summed E-state index contributed by atoms with van der Waals surface area (Å²) in [6.07, 6.45) is 7.71. The molecule has 0 bridgehead atoms. The van der Waals surface area contributed by atoms with Crippen molar-refractivity contribution in [3.63, 3.8) is 0 Å². The number of hydrogen-bond donors (Lipinski definition) is 0. The first-order valence-corrected chi connectivity index (χ1v) is 8.94. The van der Waals surface area contributed by atoms with Crippen LogP contribution in [0.2, 0.25) is 0 Å². The van der Waals surface area contributed by atoms with Crippen LogP contribution in [0, 0.1) is 18.8 Å². The van der Waals surface area contributed by atoms with Crippen LogP contribution in [0.5, 0.6) is 0 Å². The lowest BCUT2D eigenvalue weighted by Gasteiger charge is -2.32. The number of aromatic nitrogens is 2. The smallest absolute Gasteiger partial charge is 0.266 e. The molecule has 126 valence electrons. The van der Waals surface area contributed by atoms with Gasteiger partial charge in [-0.2, -0.15) is 5.10 Å². The molecule has 5 nitrogen and oxygen atoms in total. The second kappa shape index (κ2) is 7.28. The molecule has 0 unspecified atom stereocenters. The zero-order chi connectivity index (χ0) is 16.2. The summed E-state index contributed by atoms with van der Waals surface area (Å²) in [5, 5.41) is 4.31. The molecule has 1 aliphatic carbocycles. The van der Waals surface area contributed by atoms with Crippen LogP contribution in [0.4, 0.5) is 0 Å². The zero-order valence-electron chi connectivity index (χ0n) is 14.0. The fraction of sp³-hybridized carbons (Fsp3) is 0.722. The van der Waals surface area contributed by atoms with Crippen molar-refractivity contribution >= 4 is 5.91 Å². The van der Waals surface area contributed by atoms with Gasteiger partial charge in [0.2, 0.25) is 5.91 Å². The molecule has 1 amide bonds. The topological polar surface area (TPSA) is 55.2 Å². The van der Waals surface area contributed by atoms with E-state index in [9.17, 15) is 9.59 Å². The number of piperidine rings is 1. The molecule has 1 aromatic rings. The molecule has 0 atom stereocenters. The summed E-state index contributed by atoms with van der Waals surface area (Å²) in [4.78, 5) is 26.3. The van der Waals surface area contributed by atoms with E-state index in [4.69, 9.17) is 0 Å². The van der Waals surface area contributed by atoms with E-state index >= 15 is 0 Å². The Morgan fingerprint density at radius 3 is 2.52 bits per heavy atom. The second-order valence-corrected chi connectivity index (χ2v) is 7.17. The first-order valence-electron chi connectivity index (χ1n) is 8.94. The maximum absolute atomic E-state index is 12.4. The van der Waals surface area contributed by atoms with E-state index in [0.29, 0.717) is 24.3 Å². The van der Waals surface area contributed by atoms with Gasteiger partial charge in [-0.05, 0) is 50.5 Å². The van der Waals surface area contributed by atoms with Crippen molar-refractivity contribution < 1.29 is 4.79 Å². The minimum Gasteiger partial charge on any atom is -0.343 e. The van der Waals surface area contributed by atoms with Gasteiger partial charge in [0.05, 0.1) is 5.69 Å². The Labute approximate surface area is 137 Å². The van der Waals surface area contributed by atoms with Gasteiger partial charge >= 0.3 is 0 Å². The Bertz CT molecular complexity index is 597. The molecule has 2 fully saturated rings. The van der Waals surface area contributed by atoms with Crippen LogP contribution >= 0.6 is 0 Å². The molecule has 5 heteroatoms. The van der Waals surface area contributed by atoms with Crippen molar-refractivity contribution in [1.82, 2.24) is 14.7 Å². The summed E-state index contributed by atoms with van der Waals surface area (Å²) in [6, 6.07) is 3.34. The summed E-state index contributed by atoms with van der Waals surface area (Å²) in [7, 11) is 0. The molecule has 1 aromatic heterocycles. The Kier molecular flexibility index (Phi) is 5.13. The summed E-state index contributed by atoms with van der Waals surface area (Å²) in [6.45, 7) is 4.24. The molecule has 1 aliphatic heterocycles. The normalized spacial score (nSPS) is 20.1. The number of rotatable bonds is 4. The SMILES string of the molecule is Cc1ccc(=O)n(CC2CCN(C(=O)CC3CCCC3)CC2)n1. The highest BCUT2D eigenvalue weighted by atomic mass is 16.2. The largest absolute Gasteiger partial charge is 0.343 e. The molecule has 0 aromatic carbocycles. The lowest BCUT2D eigenvalue weighted by Crippen LogP contribution is -2.40. The summed E-state index contributed by atoms with van der Waals surface area (Å²) >= 11 is 0. The van der Waals surface area contributed by atoms with Gasteiger partial charge in [-0.15, -0.1) is 0 Å². The van der Waals surface area contributed by atoms with Crippen molar-refractivity contribution in [1.29, 1.82) is 0 Å². The number of hydrogen-bond acceptors (Lipinski definition) is 3. The van der Waals surface area contributed by atoms with Crippen LogP contribution in [0.25, 0.3) is 0 Å². The highest BCUT2D eigenvalue weighted by molar-refractivity contribution is 5.76. The number of nitrogens with zero attached hydrogens (tertiary/aromatic N) is 3. The van der Waals surface area contributed by atoms with Gasteiger partial charge in [0, 0.05) is 32.1 Å². The van der Waals surface area contributed by atoms with E-state index in [1.807, 2.05) is 11.8 Å². The third-order valence-electron chi connectivity index (χ3n) is 5.34. The molecule has 1 saturated heterocycles. The molecule has 0 radical (unpaired) electrons. The Hall–Kier alpha value is -1.65. The molecule has 2 heterocycles. The van der Waals surface area contributed by atoms with Gasteiger partial charge in [0.25, 0.3) is 5.56 Å². The van der Waals surface area contributed by atoms with Crippen molar-refractivity contribution in [2.45, 2.75) is 58.4 Å². The zero-order valence-corrected chi connectivity index (χ0v) is 14.0. The summed E-state index contributed by atoms with van der Waals surface area (Å²) in [5.41, 5.74) is 0.837. The van der Waals surface area contributed by atoms with Crippen molar-refractivity contribution in [2.75, 3.05) is 13.1 Å². The van der Waals surface area contributed by atoms with Gasteiger partial charge in [-0.1, -0.05) is 12.8 Å². The van der Waals surface area contributed by atoms with Crippen molar-refractivity contribution in [3.05, 3.63) is 28.2 Å². The van der Waals surface area contributed by atoms with Gasteiger partial charge in [-0.25, -0.2) is 4.68 Å². The minimum atomic E-state index is -0.0321. The summed E-state index contributed by atoms with van der Waals surface area (Å²) in [5.74, 6) is 1.40. The number of aryl methyl sites for hydroxylation is 1. The Balaban J connectivity index is 1.49. The number of amides is 1. The molecule has 3 rings (SSSR count). The van der Waals surface area contributed by atoms with Crippen LogP contribution < -0.4 is 5.56 Å². The van der Waals surface area contributed by atoms with Crippen LogP contribution in [0.1, 0.15) is 50.6 Å². The van der Waals surface area contributed by atoms with Crippen LogP contribution in [-0.2, 0) is 11.3 Å². The quantitative estimate of drug-likeness (QED) is 0.856. The van der Waals surface area contributed by atoms with Gasteiger partial charge in [-0.3, -0.25) is 9.59 Å². The predicted molar refractivity (Wildman–Crippen MR) is 89.1 cm³/mol. The molecule has 2 aliphatic rings. The standard InChI is InChI=1S/C18H27N3O2/c1-14-6-7-17(22)21(19-14)13-16-8-10-20(11-9-16)18(23)12-15-4-2-3-5-15/h6-7,15-16H,2-5,8-13H2,1H3. The van der Waals surface area contributed by atoms with E-state index in [0.717, 1.165) is 38.0 Å². The van der Waals surface area contributed by atoms with Gasteiger partial charge in [0.15, 0.2) is 0 Å². The second-order valence-electron chi connectivity index (χ2n) is 7.17. The predicted octanol–water partition coefficient (Wildman–Crippen LogP) is 2.37.